The van der Waals surface area contributed by atoms with Crippen LogP contribution in [0.1, 0.15) is 31.9 Å². The summed E-state index contributed by atoms with van der Waals surface area (Å²) in [5, 5.41) is 0. The van der Waals surface area contributed by atoms with Crippen LogP contribution in [-0.2, 0) is 0 Å². The molecule has 2 rings (SSSR count). The number of ether oxygens (including phenoxy) is 1. The standard InChI is InChI=1S/C11H14FNO/c1-11(2)6-9(13)8-4-3-7(12)5-10(8)14-11/h3-5,9H,6,13H2,1-2H3/t9-/m1/s1. The zero-order chi connectivity index (χ0) is 10.3. The summed E-state index contributed by atoms with van der Waals surface area (Å²) in [6.45, 7) is 3.92. The molecule has 1 aromatic rings. The molecule has 0 saturated heterocycles. The van der Waals surface area contributed by atoms with Crippen molar-refractivity contribution in [2.75, 3.05) is 0 Å². The van der Waals surface area contributed by atoms with Crippen molar-refractivity contribution < 1.29 is 9.13 Å². The molecule has 1 atom stereocenters. The SMILES string of the molecule is CC1(C)C[C@@H](N)c2ccc(F)cc2O1. The molecule has 0 aromatic heterocycles. The summed E-state index contributed by atoms with van der Waals surface area (Å²) in [4.78, 5) is 0. The number of halogens is 1. The smallest absolute Gasteiger partial charge is 0.127 e. The maximum atomic E-state index is 13.0. The first-order valence-electron chi connectivity index (χ1n) is 4.72. The maximum Gasteiger partial charge on any atom is 0.127 e. The van der Waals surface area contributed by atoms with E-state index in [-0.39, 0.29) is 17.5 Å². The minimum atomic E-state index is -0.305. The van der Waals surface area contributed by atoms with Gasteiger partial charge in [-0.15, -0.1) is 0 Å². The third-order valence-corrected chi connectivity index (χ3v) is 2.47. The van der Waals surface area contributed by atoms with Crippen LogP contribution in [-0.4, -0.2) is 5.60 Å². The molecule has 76 valence electrons. The predicted molar refractivity (Wildman–Crippen MR) is 52.7 cm³/mol. The zero-order valence-electron chi connectivity index (χ0n) is 8.38. The van der Waals surface area contributed by atoms with Gasteiger partial charge in [0.25, 0.3) is 0 Å². The molecule has 0 saturated carbocycles. The van der Waals surface area contributed by atoms with Gasteiger partial charge in [-0.1, -0.05) is 6.07 Å². The summed E-state index contributed by atoms with van der Waals surface area (Å²) in [6.07, 6.45) is 0.756. The van der Waals surface area contributed by atoms with E-state index in [4.69, 9.17) is 10.5 Å². The van der Waals surface area contributed by atoms with E-state index in [1.54, 1.807) is 6.07 Å². The van der Waals surface area contributed by atoms with E-state index in [9.17, 15) is 4.39 Å². The summed E-state index contributed by atoms with van der Waals surface area (Å²) >= 11 is 0. The Kier molecular flexibility index (Phi) is 2.00. The summed E-state index contributed by atoms with van der Waals surface area (Å²) < 4.78 is 18.6. The Morgan fingerprint density at radius 2 is 2.21 bits per heavy atom. The van der Waals surface area contributed by atoms with Gasteiger partial charge in [-0.25, -0.2) is 4.39 Å². The van der Waals surface area contributed by atoms with Crippen LogP contribution in [0.5, 0.6) is 5.75 Å². The van der Waals surface area contributed by atoms with Gasteiger partial charge in [0.05, 0.1) is 0 Å². The van der Waals surface area contributed by atoms with Gasteiger partial charge in [-0.3, -0.25) is 0 Å². The van der Waals surface area contributed by atoms with Crippen molar-refractivity contribution in [3.8, 4) is 5.75 Å². The summed E-state index contributed by atoms with van der Waals surface area (Å²) in [5.41, 5.74) is 6.56. The highest BCUT2D eigenvalue weighted by Gasteiger charge is 2.31. The molecule has 0 unspecified atom stereocenters. The van der Waals surface area contributed by atoms with Crippen LogP contribution >= 0.6 is 0 Å². The van der Waals surface area contributed by atoms with E-state index in [1.807, 2.05) is 13.8 Å². The molecule has 1 aliphatic heterocycles. The molecule has 2 N–H and O–H groups in total. The van der Waals surface area contributed by atoms with E-state index in [0.717, 1.165) is 12.0 Å². The van der Waals surface area contributed by atoms with Crippen molar-refractivity contribution in [2.24, 2.45) is 5.73 Å². The molecular formula is C11H14FNO. The Bertz CT molecular complexity index is 362. The lowest BCUT2D eigenvalue weighted by Crippen LogP contribution is -2.37. The predicted octanol–water partition coefficient (Wildman–Crippen LogP) is 2.39. The van der Waals surface area contributed by atoms with Gasteiger partial charge in [-0.2, -0.15) is 0 Å². The average molecular weight is 195 g/mol. The third-order valence-electron chi connectivity index (χ3n) is 2.47. The van der Waals surface area contributed by atoms with Crippen LogP contribution < -0.4 is 10.5 Å². The molecule has 1 aliphatic rings. The number of fused-ring (bicyclic) bond motifs is 1. The fourth-order valence-electron chi connectivity index (χ4n) is 1.88. The Balaban J connectivity index is 2.46. The minimum Gasteiger partial charge on any atom is -0.487 e. The van der Waals surface area contributed by atoms with Crippen molar-refractivity contribution in [3.63, 3.8) is 0 Å². The Labute approximate surface area is 82.9 Å². The van der Waals surface area contributed by atoms with E-state index in [1.165, 1.54) is 12.1 Å². The molecule has 0 aliphatic carbocycles. The monoisotopic (exact) mass is 195 g/mol. The van der Waals surface area contributed by atoms with Gasteiger partial charge in [0, 0.05) is 24.1 Å². The van der Waals surface area contributed by atoms with Gasteiger partial charge >= 0.3 is 0 Å². The number of rotatable bonds is 0. The molecule has 0 bridgehead atoms. The van der Waals surface area contributed by atoms with E-state index < -0.39 is 0 Å². The molecular weight excluding hydrogens is 181 g/mol. The lowest BCUT2D eigenvalue weighted by atomic mass is 9.90. The van der Waals surface area contributed by atoms with Gasteiger partial charge in [0.15, 0.2) is 0 Å². The molecule has 3 heteroatoms. The second-order valence-electron chi connectivity index (χ2n) is 4.35. The highest BCUT2D eigenvalue weighted by Crippen LogP contribution is 2.38. The van der Waals surface area contributed by atoms with Gasteiger partial charge in [0.2, 0.25) is 0 Å². The minimum absolute atomic E-state index is 0.0608. The van der Waals surface area contributed by atoms with Crippen molar-refractivity contribution in [1.29, 1.82) is 0 Å². The molecule has 0 spiro atoms. The van der Waals surface area contributed by atoms with Crippen LogP contribution in [0.4, 0.5) is 4.39 Å². The van der Waals surface area contributed by atoms with Gasteiger partial charge in [-0.05, 0) is 19.9 Å². The largest absolute Gasteiger partial charge is 0.487 e. The Morgan fingerprint density at radius 1 is 1.50 bits per heavy atom. The Hall–Kier alpha value is -1.09. The first kappa shape index (κ1) is 9.46. The van der Waals surface area contributed by atoms with Crippen molar-refractivity contribution in [1.82, 2.24) is 0 Å². The summed E-state index contributed by atoms with van der Waals surface area (Å²) in [6, 6.07) is 4.45. The quantitative estimate of drug-likeness (QED) is 0.689. The Morgan fingerprint density at radius 3 is 2.93 bits per heavy atom. The van der Waals surface area contributed by atoms with E-state index in [2.05, 4.69) is 0 Å². The van der Waals surface area contributed by atoms with Crippen molar-refractivity contribution >= 4 is 0 Å². The fourth-order valence-corrected chi connectivity index (χ4v) is 1.88. The zero-order valence-corrected chi connectivity index (χ0v) is 8.38. The topological polar surface area (TPSA) is 35.2 Å². The van der Waals surface area contributed by atoms with Crippen LogP contribution in [0.25, 0.3) is 0 Å². The second kappa shape index (κ2) is 2.95. The summed E-state index contributed by atoms with van der Waals surface area (Å²) in [5.74, 6) is 0.294. The van der Waals surface area contributed by atoms with E-state index >= 15 is 0 Å². The van der Waals surface area contributed by atoms with Gasteiger partial charge < -0.3 is 10.5 Å². The van der Waals surface area contributed by atoms with Gasteiger partial charge in [0.1, 0.15) is 17.2 Å². The average Bonchev–Trinajstić information content (AvgIpc) is 2.00. The molecule has 0 amide bonds. The maximum absolute atomic E-state index is 13.0. The lowest BCUT2D eigenvalue weighted by Gasteiger charge is -2.36. The molecule has 14 heavy (non-hydrogen) atoms. The van der Waals surface area contributed by atoms with Crippen LogP contribution in [0.2, 0.25) is 0 Å². The highest BCUT2D eigenvalue weighted by atomic mass is 19.1. The molecule has 0 fully saturated rings. The first-order valence-corrected chi connectivity index (χ1v) is 4.72. The summed E-state index contributed by atoms with van der Waals surface area (Å²) in [7, 11) is 0. The van der Waals surface area contributed by atoms with Crippen LogP contribution in [0.15, 0.2) is 18.2 Å². The van der Waals surface area contributed by atoms with Crippen LogP contribution in [0, 0.1) is 5.82 Å². The lowest BCUT2D eigenvalue weighted by molar-refractivity contribution is 0.0724. The number of benzene rings is 1. The van der Waals surface area contributed by atoms with Crippen molar-refractivity contribution in [2.45, 2.75) is 31.9 Å². The fraction of sp³-hybridized carbons (Fsp3) is 0.455. The second-order valence-corrected chi connectivity index (χ2v) is 4.35. The highest BCUT2D eigenvalue weighted by molar-refractivity contribution is 5.38. The van der Waals surface area contributed by atoms with Crippen molar-refractivity contribution in [3.05, 3.63) is 29.6 Å². The normalized spacial score (nSPS) is 23.9. The number of hydrogen-bond acceptors (Lipinski definition) is 2. The molecule has 1 heterocycles. The molecule has 0 radical (unpaired) electrons. The molecule has 1 aromatic carbocycles. The van der Waals surface area contributed by atoms with E-state index in [0.29, 0.717) is 5.75 Å². The third kappa shape index (κ3) is 1.60. The van der Waals surface area contributed by atoms with Crippen LogP contribution in [0.3, 0.4) is 0 Å². The molecule has 2 nitrogen and oxygen atoms in total. The first-order chi connectivity index (χ1) is 6.48. The number of hydrogen-bond donors (Lipinski definition) is 1. The number of nitrogens with two attached hydrogens (primary N) is 1.